The van der Waals surface area contributed by atoms with E-state index in [1.807, 2.05) is 6.21 Å². The van der Waals surface area contributed by atoms with Crippen LogP contribution in [0.25, 0.3) is 64.6 Å². The van der Waals surface area contributed by atoms with E-state index in [1.165, 1.54) is 65.2 Å². The number of nitrogens with zero attached hydrogens (tertiary/aromatic N) is 2. The number of rotatable bonds is 5. The predicted octanol–water partition coefficient (Wildman–Crippen LogP) is 13.3. The van der Waals surface area contributed by atoms with Gasteiger partial charge in [0.05, 0.1) is 15.9 Å². The summed E-state index contributed by atoms with van der Waals surface area (Å²) in [7, 11) is 0. The number of hydrogen-bond donors (Lipinski definition) is 0. The van der Waals surface area contributed by atoms with Gasteiger partial charge in [-0.05, 0) is 93.4 Å². The van der Waals surface area contributed by atoms with Crippen LogP contribution in [0, 0.1) is 13.8 Å². The van der Waals surface area contributed by atoms with Crippen molar-refractivity contribution in [2.45, 2.75) is 40.0 Å². The molecule has 0 fully saturated rings. The average Bonchev–Trinajstić information content (AvgIpc) is 3.54. The van der Waals surface area contributed by atoms with Crippen molar-refractivity contribution >= 4 is 55.0 Å². The molecule has 7 aromatic carbocycles. The molecule has 8 aromatic rings. The topological polar surface area (TPSA) is 25.2 Å². The van der Waals surface area contributed by atoms with Crippen molar-refractivity contribution in [3.05, 3.63) is 156 Å². The summed E-state index contributed by atoms with van der Waals surface area (Å²) in [6, 6.07) is 48.2. The Balaban J connectivity index is 1.22. The first-order chi connectivity index (χ1) is 23.7. The summed E-state index contributed by atoms with van der Waals surface area (Å²) in [5, 5.41) is 5.89. The quantitative estimate of drug-likeness (QED) is 0.134. The van der Waals surface area contributed by atoms with Gasteiger partial charge in [-0.1, -0.05) is 135 Å². The minimum atomic E-state index is -0.00302. The fraction of sp³-hybridized carbons (Fsp3) is 0.130. The second-order valence-electron chi connectivity index (χ2n) is 14.1. The Hall–Kier alpha value is -5.38. The molecule has 0 aliphatic carbocycles. The van der Waals surface area contributed by atoms with Gasteiger partial charge in [-0.2, -0.15) is 0 Å². The molecule has 0 N–H and O–H groups in total. The first kappa shape index (κ1) is 30.9. The molecule has 0 saturated heterocycles. The number of fused-ring (bicyclic) bond motifs is 4. The highest BCUT2D eigenvalue weighted by Crippen LogP contribution is 2.42. The SMILES string of the molecule is Cc1cc(C)cc(-c2ccc(-c3cc(C(C)(C)C)cc4sc(-c5ccccc5N=Cc5cc6ccccc6c6ccccc56)nc34)cc2)c1. The largest absolute Gasteiger partial charge is 0.256 e. The molecule has 3 heteroatoms. The Labute approximate surface area is 292 Å². The maximum Gasteiger partial charge on any atom is 0.126 e. The smallest absolute Gasteiger partial charge is 0.126 e. The fourth-order valence-corrected chi connectivity index (χ4v) is 7.94. The van der Waals surface area contributed by atoms with E-state index in [0.29, 0.717) is 0 Å². The van der Waals surface area contributed by atoms with Crippen LogP contribution in [0.4, 0.5) is 5.69 Å². The van der Waals surface area contributed by atoms with Gasteiger partial charge in [0.2, 0.25) is 0 Å². The van der Waals surface area contributed by atoms with Crippen LogP contribution in [0.15, 0.2) is 138 Å². The van der Waals surface area contributed by atoms with Crippen molar-refractivity contribution in [2.75, 3.05) is 0 Å². The summed E-state index contributed by atoms with van der Waals surface area (Å²) in [6.07, 6.45) is 2.02. The zero-order chi connectivity index (χ0) is 33.7. The molecule has 1 aromatic heterocycles. The molecule has 0 atom stereocenters. The molecule has 8 rings (SSSR count). The van der Waals surface area contributed by atoms with Crippen LogP contribution < -0.4 is 0 Å². The van der Waals surface area contributed by atoms with E-state index >= 15 is 0 Å². The molecule has 2 nitrogen and oxygen atoms in total. The number of benzene rings is 7. The van der Waals surface area contributed by atoms with E-state index in [-0.39, 0.29) is 5.41 Å². The van der Waals surface area contributed by atoms with Gasteiger partial charge in [0.25, 0.3) is 0 Å². The molecular formula is C46H38N2S. The van der Waals surface area contributed by atoms with Gasteiger partial charge in [-0.25, -0.2) is 4.98 Å². The van der Waals surface area contributed by atoms with Gasteiger partial charge in [-0.3, -0.25) is 4.99 Å². The van der Waals surface area contributed by atoms with Crippen molar-refractivity contribution < 1.29 is 0 Å². The molecule has 0 radical (unpaired) electrons. The lowest BCUT2D eigenvalue weighted by Crippen LogP contribution is -2.11. The molecule has 0 bridgehead atoms. The van der Waals surface area contributed by atoms with E-state index in [2.05, 4.69) is 168 Å². The van der Waals surface area contributed by atoms with Gasteiger partial charge < -0.3 is 0 Å². The van der Waals surface area contributed by atoms with E-state index in [9.17, 15) is 0 Å². The van der Waals surface area contributed by atoms with Crippen LogP contribution in [0.5, 0.6) is 0 Å². The fourth-order valence-electron chi connectivity index (χ4n) is 6.88. The molecular weight excluding hydrogens is 613 g/mol. The zero-order valence-electron chi connectivity index (χ0n) is 28.6. The van der Waals surface area contributed by atoms with E-state index < -0.39 is 0 Å². The van der Waals surface area contributed by atoms with E-state index in [4.69, 9.17) is 9.98 Å². The van der Waals surface area contributed by atoms with E-state index in [0.717, 1.165) is 27.3 Å². The van der Waals surface area contributed by atoms with Crippen LogP contribution in [-0.4, -0.2) is 11.2 Å². The molecule has 0 amide bonds. The van der Waals surface area contributed by atoms with Crippen LogP contribution in [0.1, 0.15) is 43.0 Å². The lowest BCUT2D eigenvalue weighted by atomic mass is 9.85. The van der Waals surface area contributed by atoms with Gasteiger partial charge in [0.1, 0.15) is 5.01 Å². The molecule has 238 valence electrons. The molecule has 0 saturated carbocycles. The number of aryl methyl sites for hydroxylation is 2. The number of thiazole rings is 1. The van der Waals surface area contributed by atoms with Crippen LogP contribution in [0.2, 0.25) is 0 Å². The average molecular weight is 651 g/mol. The molecule has 1 heterocycles. The number of aliphatic imine (C=N–C) groups is 1. The predicted molar refractivity (Wildman–Crippen MR) is 213 cm³/mol. The highest BCUT2D eigenvalue weighted by Gasteiger charge is 2.20. The third kappa shape index (κ3) is 5.96. The second-order valence-corrected chi connectivity index (χ2v) is 15.1. The van der Waals surface area contributed by atoms with Gasteiger partial charge in [-0.15, -0.1) is 11.3 Å². The minimum absolute atomic E-state index is 0.00302. The number of para-hydroxylation sites is 1. The summed E-state index contributed by atoms with van der Waals surface area (Å²) in [6.45, 7) is 11.2. The monoisotopic (exact) mass is 650 g/mol. The highest BCUT2D eigenvalue weighted by molar-refractivity contribution is 7.21. The molecule has 0 unspecified atom stereocenters. The lowest BCUT2D eigenvalue weighted by molar-refractivity contribution is 0.591. The lowest BCUT2D eigenvalue weighted by Gasteiger charge is -2.20. The Kier molecular flexibility index (Phi) is 7.73. The van der Waals surface area contributed by atoms with E-state index in [1.54, 1.807) is 11.3 Å². The summed E-state index contributed by atoms with van der Waals surface area (Å²) in [4.78, 5) is 10.4. The number of aromatic nitrogens is 1. The maximum atomic E-state index is 5.34. The van der Waals surface area contributed by atoms with Gasteiger partial charge in [0.15, 0.2) is 0 Å². The number of hydrogen-bond acceptors (Lipinski definition) is 3. The van der Waals surface area contributed by atoms with Crippen molar-refractivity contribution in [1.82, 2.24) is 4.98 Å². The highest BCUT2D eigenvalue weighted by atomic mass is 32.1. The second kappa shape index (κ2) is 12.3. The van der Waals surface area contributed by atoms with Crippen molar-refractivity contribution in [3.8, 4) is 32.8 Å². The Morgan fingerprint density at radius 1 is 0.592 bits per heavy atom. The Morgan fingerprint density at radius 2 is 1.24 bits per heavy atom. The molecule has 49 heavy (non-hydrogen) atoms. The van der Waals surface area contributed by atoms with Crippen molar-refractivity contribution in [1.29, 1.82) is 0 Å². The van der Waals surface area contributed by atoms with Crippen LogP contribution in [-0.2, 0) is 5.41 Å². The summed E-state index contributed by atoms with van der Waals surface area (Å²) >= 11 is 1.75. The first-order valence-corrected chi connectivity index (χ1v) is 17.7. The Morgan fingerprint density at radius 3 is 2.00 bits per heavy atom. The standard InChI is InChI=1S/C46H38N2S/c1-29-22-30(2)24-34(23-29)31-18-20-32(21-19-31)41-26-36(46(3,4)5)27-43-44(41)48-45(49-43)40-16-10-11-17-42(40)47-28-35-25-33-12-6-7-13-37(33)39-15-9-8-14-38(35)39/h6-28H,1-5H3. The summed E-state index contributed by atoms with van der Waals surface area (Å²) < 4.78 is 1.19. The molecule has 0 aliphatic heterocycles. The van der Waals surface area contributed by atoms with Gasteiger partial charge >= 0.3 is 0 Å². The van der Waals surface area contributed by atoms with Crippen LogP contribution >= 0.6 is 11.3 Å². The molecule has 0 spiro atoms. The Bertz CT molecular complexity index is 2530. The first-order valence-electron chi connectivity index (χ1n) is 16.9. The zero-order valence-corrected chi connectivity index (χ0v) is 29.4. The molecule has 0 aliphatic rings. The summed E-state index contributed by atoms with van der Waals surface area (Å²) in [5.41, 5.74) is 12.8. The third-order valence-electron chi connectivity index (χ3n) is 9.39. The third-order valence-corrected chi connectivity index (χ3v) is 10.4. The van der Waals surface area contributed by atoms with Gasteiger partial charge in [0, 0.05) is 22.9 Å². The van der Waals surface area contributed by atoms with Crippen LogP contribution in [0.3, 0.4) is 0 Å². The summed E-state index contributed by atoms with van der Waals surface area (Å²) in [5.74, 6) is 0. The van der Waals surface area contributed by atoms with Crippen molar-refractivity contribution in [2.24, 2.45) is 4.99 Å². The minimum Gasteiger partial charge on any atom is -0.256 e. The normalized spacial score (nSPS) is 12.1. The maximum absolute atomic E-state index is 5.34. The van der Waals surface area contributed by atoms with Crippen molar-refractivity contribution in [3.63, 3.8) is 0 Å².